The van der Waals surface area contributed by atoms with Crippen molar-refractivity contribution in [2.45, 2.75) is 18.4 Å². The van der Waals surface area contributed by atoms with Crippen LogP contribution in [0.15, 0.2) is 57.7 Å². The van der Waals surface area contributed by atoms with E-state index in [-0.39, 0.29) is 22.0 Å². The van der Waals surface area contributed by atoms with Gasteiger partial charge in [0.15, 0.2) is 14.9 Å². The van der Waals surface area contributed by atoms with E-state index in [4.69, 9.17) is 10.5 Å². The van der Waals surface area contributed by atoms with Gasteiger partial charge in [-0.2, -0.15) is 0 Å². The Balaban J connectivity index is 2.47. The Morgan fingerprint density at radius 3 is 2.76 bits per heavy atom. The summed E-state index contributed by atoms with van der Waals surface area (Å²) in [5.41, 5.74) is 6.57. The third-order valence-corrected chi connectivity index (χ3v) is 5.68. The first-order chi connectivity index (χ1) is 13.8. The molecule has 0 radical (unpaired) electrons. The second-order valence-electron chi connectivity index (χ2n) is 6.16. The van der Waals surface area contributed by atoms with Crippen molar-refractivity contribution in [1.82, 2.24) is 4.98 Å². The zero-order valence-electron chi connectivity index (χ0n) is 16.3. The van der Waals surface area contributed by atoms with Gasteiger partial charge in [-0.25, -0.2) is 22.8 Å². The number of aromatic nitrogens is 1. The van der Waals surface area contributed by atoms with Crippen LogP contribution >= 0.6 is 0 Å². The number of sulfone groups is 1. The van der Waals surface area contributed by atoms with Crippen molar-refractivity contribution in [1.29, 1.82) is 0 Å². The van der Waals surface area contributed by atoms with E-state index in [0.29, 0.717) is 30.0 Å². The summed E-state index contributed by atoms with van der Waals surface area (Å²) >= 11 is 0. The molecule has 9 heteroatoms. The third-order valence-electron chi connectivity index (χ3n) is 3.94. The SMILES string of the molecule is C=N/C(=C\N=C(C)N)c1ccc(-c2cccnc2S(=O)(=O)CCCOC)cc1F. The van der Waals surface area contributed by atoms with Gasteiger partial charge in [0.05, 0.1) is 23.5 Å². The van der Waals surface area contributed by atoms with Crippen molar-refractivity contribution in [2.24, 2.45) is 15.7 Å². The molecule has 0 saturated carbocycles. The highest BCUT2D eigenvalue weighted by Crippen LogP contribution is 2.30. The number of nitrogens with zero attached hydrogens (tertiary/aromatic N) is 3. The molecule has 154 valence electrons. The van der Waals surface area contributed by atoms with Crippen LogP contribution in [0.5, 0.6) is 0 Å². The van der Waals surface area contributed by atoms with E-state index in [2.05, 4.69) is 21.7 Å². The number of pyridine rings is 1. The smallest absolute Gasteiger partial charge is 0.196 e. The Morgan fingerprint density at radius 2 is 2.14 bits per heavy atom. The lowest BCUT2D eigenvalue weighted by Gasteiger charge is -2.11. The normalized spacial score (nSPS) is 12.8. The molecule has 0 saturated heterocycles. The van der Waals surface area contributed by atoms with Gasteiger partial charge in [-0.1, -0.05) is 6.07 Å². The van der Waals surface area contributed by atoms with Gasteiger partial charge < -0.3 is 10.5 Å². The van der Waals surface area contributed by atoms with Gasteiger partial charge in [0.2, 0.25) is 0 Å². The lowest BCUT2D eigenvalue weighted by molar-refractivity contribution is 0.199. The second kappa shape index (κ2) is 10.0. The van der Waals surface area contributed by atoms with E-state index >= 15 is 0 Å². The van der Waals surface area contributed by atoms with Crippen molar-refractivity contribution in [3.05, 3.63) is 54.1 Å². The summed E-state index contributed by atoms with van der Waals surface area (Å²) in [6.07, 6.45) is 3.05. The lowest BCUT2D eigenvalue weighted by atomic mass is 10.0. The molecule has 0 atom stereocenters. The van der Waals surface area contributed by atoms with Crippen molar-refractivity contribution in [2.75, 3.05) is 19.5 Å². The van der Waals surface area contributed by atoms with Gasteiger partial charge in [0.1, 0.15) is 5.82 Å². The van der Waals surface area contributed by atoms with Crippen LogP contribution in [0.1, 0.15) is 18.9 Å². The van der Waals surface area contributed by atoms with Crippen LogP contribution in [-0.2, 0) is 14.6 Å². The average Bonchev–Trinajstić information content (AvgIpc) is 2.69. The predicted octanol–water partition coefficient (Wildman–Crippen LogP) is 3.07. The number of ether oxygens (including phenoxy) is 1. The molecule has 2 aromatic rings. The molecule has 0 aliphatic carbocycles. The Morgan fingerprint density at radius 1 is 1.38 bits per heavy atom. The van der Waals surface area contributed by atoms with E-state index in [1.807, 2.05) is 0 Å². The van der Waals surface area contributed by atoms with E-state index in [1.165, 1.54) is 31.6 Å². The molecule has 2 N–H and O–H groups in total. The largest absolute Gasteiger partial charge is 0.387 e. The first-order valence-corrected chi connectivity index (χ1v) is 10.4. The third kappa shape index (κ3) is 5.78. The van der Waals surface area contributed by atoms with Gasteiger partial charge in [0, 0.05) is 31.0 Å². The molecule has 0 fully saturated rings. The van der Waals surface area contributed by atoms with Gasteiger partial charge in [-0.15, -0.1) is 0 Å². The van der Waals surface area contributed by atoms with Crippen LogP contribution < -0.4 is 5.73 Å². The standard InChI is InChI=1S/C20H23FN4O3S/c1-14(22)25-13-19(23-2)17-8-7-15(12-18(17)21)16-6-4-9-24-20(16)29(26,27)11-5-10-28-3/h4,6-9,12-13H,2,5,10-11H2,1,3H3,(H2,22,25)/b19-13-. The molecular formula is C20H23FN4O3S. The Labute approximate surface area is 169 Å². The first-order valence-electron chi connectivity index (χ1n) is 8.74. The molecule has 0 bridgehead atoms. The van der Waals surface area contributed by atoms with Crippen LogP contribution in [0.25, 0.3) is 16.8 Å². The molecule has 1 heterocycles. The van der Waals surface area contributed by atoms with Crippen molar-refractivity contribution in [3.63, 3.8) is 0 Å². The maximum Gasteiger partial charge on any atom is 0.196 e. The van der Waals surface area contributed by atoms with Crippen molar-refractivity contribution >= 4 is 28.1 Å². The highest BCUT2D eigenvalue weighted by molar-refractivity contribution is 7.91. The van der Waals surface area contributed by atoms with Gasteiger partial charge >= 0.3 is 0 Å². The quantitative estimate of drug-likeness (QED) is 0.383. The number of benzene rings is 1. The molecule has 0 aliphatic rings. The molecule has 0 spiro atoms. The summed E-state index contributed by atoms with van der Waals surface area (Å²) < 4.78 is 45.1. The Hall–Kier alpha value is -2.91. The minimum atomic E-state index is -3.66. The topological polar surface area (TPSA) is 107 Å². The number of halogens is 1. The van der Waals surface area contributed by atoms with Crippen LogP contribution in [0.2, 0.25) is 0 Å². The summed E-state index contributed by atoms with van der Waals surface area (Å²) in [7, 11) is -2.15. The van der Waals surface area contributed by atoms with Crippen molar-refractivity contribution < 1.29 is 17.5 Å². The minimum absolute atomic E-state index is 0.0933. The maximum atomic E-state index is 14.8. The maximum absolute atomic E-state index is 14.8. The molecule has 29 heavy (non-hydrogen) atoms. The van der Waals surface area contributed by atoms with Crippen LogP contribution in [-0.4, -0.2) is 45.4 Å². The van der Waals surface area contributed by atoms with Gasteiger partial charge in [-0.05, 0) is 49.9 Å². The average molecular weight is 418 g/mol. The summed E-state index contributed by atoms with van der Waals surface area (Å²) in [6, 6.07) is 7.51. The molecular weight excluding hydrogens is 395 g/mol. The fourth-order valence-electron chi connectivity index (χ4n) is 2.60. The predicted molar refractivity (Wildman–Crippen MR) is 113 cm³/mol. The summed E-state index contributed by atoms with van der Waals surface area (Å²) in [4.78, 5) is 11.7. The first kappa shape index (κ1) is 22.4. The van der Waals surface area contributed by atoms with Crippen molar-refractivity contribution in [3.8, 4) is 11.1 Å². The van der Waals surface area contributed by atoms with E-state index in [1.54, 1.807) is 25.1 Å². The number of rotatable bonds is 9. The highest BCUT2D eigenvalue weighted by Gasteiger charge is 2.21. The number of amidine groups is 1. The molecule has 1 aromatic heterocycles. The van der Waals surface area contributed by atoms with E-state index in [0.717, 1.165) is 0 Å². The second-order valence-corrected chi connectivity index (χ2v) is 8.18. The van der Waals surface area contributed by atoms with Crippen LogP contribution in [0, 0.1) is 5.82 Å². The molecule has 2 rings (SSSR count). The van der Waals surface area contributed by atoms with E-state index in [9.17, 15) is 12.8 Å². The molecule has 0 amide bonds. The van der Waals surface area contributed by atoms with Crippen LogP contribution in [0.3, 0.4) is 0 Å². The van der Waals surface area contributed by atoms with Gasteiger partial charge in [-0.3, -0.25) is 4.99 Å². The highest BCUT2D eigenvalue weighted by atomic mass is 32.2. The zero-order valence-corrected chi connectivity index (χ0v) is 17.1. The Kier molecular flexibility index (Phi) is 7.74. The lowest BCUT2D eigenvalue weighted by Crippen LogP contribution is -2.12. The Bertz CT molecular complexity index is 1050. The number of hydrogen-bond acceptors (Lipinski definition) is 6. The summed E-state index contributed by atoms with van der Waals surface area (Å²) in [5.74, 6) is -0.422. The molecule has 0 aliphatic heterocycles. The fraction of sp³-hybridized carbons (Fsp3) is 0.250. The number of aliphatic imine (C=N–C) groups is 2. The molecule has 0 unspecified atom stereocenters. The van der Waals surface area contributed by atoms with E-state index < -0.39 is 15.7 Å². The zero-order chi connectivity index (χ0) is 21.4. The minimum Gasteiger partial charge on any atom is -0.387 e. The van der Waals surface area contributed by atoms with Gasteiger partial charge in [0.25, 0.3) is 0 Å². The monoisotopic (exact) mass is 418 g/mol. The fourth-order valence-corrected chi connectivity index (χ4v) is 4.03. The molecule has 1 aromatic carbocycles. The summed E-state index contributed by atoms with van der Waals surface area (Å²) in [6.45, 7) is 5.33. The summed E-state index contributed by atoms with van der Waals surface area (Å²) in [5, 5.41) is -0.0933. The number of nitrogens with two attached hydrogens (primary N) is 1. The van der Waals surface area contributed by atoms with Crippen LogP contribution in [0.4, 0.5) is 4.39 Å². The number of methoxy groups -OCH3 is 1. The number of hydrogen-bond donors (Lipinski definition) is 1. The molecule has 7 nitrogen and oxygen atoms in total.